The minimum Gasteiger partial charge on any atom is -0.326 e. The van der Waals surface area contributed by atoms with E-state index in [4.69, 9.17) is 5.73 Å². The number of rotatable bonds is 4. The number of carbonyl (C=O) groups is 1. The zero-order chi connectivity index (χ0) is 16.2. The molecule has 0 bridgehead atoms. The molecule has 1 fully saturated rings. The molecule has 122 valence electrons. The van der Waals surface area contributed by atoms with Gasteiger partial charge >= 0.3 is 6.36 Å². The van der Waals surface area contributed by atoms with E-state index in [-0.39, 0.29) is 12.3 Å². The minimum atomic E-state index is -4.65. The van der Waals surface area contributed by atoms with Crippen molar-refractivity contribution in [3.05, 3.63) is 29.8 Å². The minimum absolute atomic E-state index is 0.0852. The van der Waals surface area contributed by atoms with Gasteiger partial charge in [0.2, 0.25) is 5.91 Å². The molecule has 1 saturated carbocycles. The maximum Gasteiger partial charge on any atom is 0.522 e. The zero-order valence-electron chi connectivity index (χ0n) is 12.0. The van der Waals surface area contributed by atoms with Gasteiger partial charge in [0.1, 0.15) is 0 Å². The van der Waals surface area contributed by atoms with Crippen molar-refractivity contribution < 1.29 is 22.7 Å². The number of hydrogen-bond acceptors (Lipinski definition) is 3. The molecule has 0 unspecified atom stereocenters. The highest BCUT2D eigenvalue weighted by atomic mass is 19.4. The van der Waals surface area contributed by atoms with Crippen molar-refractivity contribution >= 4 is 11.6 Å². The highest BCUT2D eigenvalue weighted by Crippen LogP contribution is 2.31. The molecule has 0 aliphatic heterocycles. The normalized spacial score (nSPS) is 22.4. The van der Waals surface area contributed by atoms with Crippen molar-refractivity contribution in [2.45, 2.75) is 44.7 Å². The van der Waals surface area contributed by atoms with Gasteiger partial charge in [-0.25, -0.2) is 0 Å². The summed E-state index contributed by atoms with van der Waals surface area (Å²) in [5.41, 5.74) is 7.01. The maximum absolute atomic E-state index is 12.3. The topological polar surface area (TPSA) is 64.3 Å². The van der Waals surface area contributed by atoms with E-state index in [0.717, 1.165) is 5.56 Å². The Hall–Kier alpha value is -1.60. The quantitative estimate of drug-likeness (QED) is 0.896. The molecule has 7 heteroatoms. The molecule has 1 aromatic rings. The molecule has 1 amide bonds. The van der Waals surface area contributed by atoms with E-state index in [9.17, 15) is 18.0 Å². The van der Waals surface area contributed by atoms with Gasteiger partial charge in [-0.1, -0.05) is 18.6 Å². The van der Waals surface area contributed by atoms with Crippen molar-refractivity contribution in [2.75, 3.05) is 5.32 Å². The third kappa shape index (κ3) is 4.99. The fraction of sp³-hybridized carbons (Fsp3) is 0.533. The molecule has 0 saturated heterocycles. The third-order valence-corrected chi connectivity index (χ3v) is 3.73. The van der Waals surface area contributed by atoms with E-state index in [1.807, 2.05) is 6.07 Å². The fourth-order valence-corrected chi connectivity index (χ4v) is 2.70. The Balaban J connectivity index is 1.94. The highest BCUT2D eigenvalue weighted by molar-refractivity contribution is 5.92. The summed E-state index contributed by atoms with van der Waals surface area (Å²) in [6.45, 7) is 0.356. The second-order valence-corrected chi connectivity index (χ2v) is 5.44. The van der Waals surface area contributed by atoms with Gasteiger partial charge in [-0.05, 0) is 37.0 Å². The van der Waals surface area contributed by atoms with E-state index in [0.29, 0.717) is 31.5 Å². The Morgan fingerprint density at radius 1 is 1.36 bits per heavy atom. The Bertz CT molecular complexity index is 520. The van der Waals surface area contributed by atoms with Gasteiger partial charge < -0.3 is 11.1 Å². The van der Waals surface area contributed by atoms with Crippen molar-refractivity contribution in [1.82, 2.24) is 0 Å². The van der Waals surface area contributed by atoms with Crippen LogP contribution in [0.2, 0.25) is 0 Å². The lowest BCUT2D eigenvalue weighted by Gasteiger charge is -2.28. The number of amides is 1. The number of ether oxygens (including phenoxy) is 1. The van der Waals surface area contributed by atoms with Crippen LogP contribution in [0.5, 0.6) is 0 Å². The molecule has 22 heavy (non-hydrogen) atoms. The summed E-state index contributed by atoms with van der Waals surface area (Å²) in [6, 6.07) is 7.09. The first-order valence-electron chi connectivity index (χ1n) is 7.22. The number of hydrogen-bond donors (Lipinski definition) is 2. The first-order chi connectivity index (χ1) is 10.4. The Morgan fingerprint density at radius 2 is 2.14 bits per heavy atom. The monoisotopic (exact) mass is 316 g/mol. The average Bonchev–Trinajstić information content (AvgIpc) is 2.46. The third-order valence-electron chi connectivity index (χ3n) is 3.73. The molecule has 0 spiro atoms. The lowest BCUT2D eigenvalue weighted by Crippen LogP contribution is -2.34. The number of benzene rings is 1. The number of anilines is 1. The highest BCUT2D eigenvalue weighted by Gasteiger charge is 2.37. The van der Waals surface area contributed by atoms with Gasteiger partial charge in [-0.3, -0.25) is 9.53 Å². The molecule has 3 N–H and O–H groups in total. The second kappa shape index (κ2) is 7.11. The lowest BCUT2D eigenvalue weighted by molar-refractivity contribution is -0.346. The van der Waals surface area contributed by atoms with Crippen LogP contribution in [0, 0.1) is 5.92 Å². The molecule has 1 aliphatic carbocycles. The van der Waals surface area contributed by atoms with E-state index in [1.165, 1.54) is 0 Å². The van der Waals surface area contributed by atoms with Crippen LogP contribution in [-0.4, -0.2) is 18.4 Å². The first-order valence-corrected chi connectivity index (χ1v) is 7.22. The summed E-state index contributed by atoms with van der Waals surface area (Å²) in [4.78, 5) is 12.2. The first kappa shape index (κ1) is 16.8. The summed E-state index contributed by atoms with van der Waals surface area (Å²) >= 11 is 0. The Labute approximate surface area is 126 Å². The molecule has 0 radical (unpaired) electrons. The second-order valence-electron chi connectivity index (χ2n) is 5.44. The number of carbonyl (C=O) groups excluding carboxylic acids is 1. The fourth-order valence-electron chi connectivity index (χ4n) is 2.70. The summed E-state index contributed by atoms with van der Waals surface area (Å²) in [6.07, 6.45) is -4.08. The molecular weight excluding hydrogens is 297 g/mol. The molecule has 1 aromatic carbocycles. The maximum atomic E-state index is 12.3. The van der Waals surface area contributed by atoms with Crippen molar-refractivity contribution in [3.8, 4) is 0 Å². The van der Waals surface area contributed by atoms with E-state index < -0.39 is 18.4 Å². The van der Waals surface area contributed by atoms with Gasteiger partial charge in [0.25, 0.3) is 0 Å². The van der Waals surface area contributed by atoms with E-state index >= 15 is 0 Å². The number of halogens is 3. The Morgan fingerprint density at radius 3 is 2.82 bits per heavy atom. The van der Waals surface area contributed by atoms with Crippen LogP contribution < -0.4 is 11.1 Å². The molecule has 0 heterocycles. The molecule has 2 rings (SSSR count). The van der Waals surface area contributed by atoms with Crippen molar-refractivity contribution in [1.29, 1.82) is 0 Å². The van der Waals surface area contributed by atoms with Crippen LogP contribution >= 0.6 is 0 Å². The van der Waals surface area contributed by atoms with Crippen LogP contribution in [0.25, 0.3) is 0 Å². The summed E-state index contributed by atoms with van der Waals surface area (Å²) in [5.74, 6) is -0.743. The molecule has 4 nitrogen and oxygen atoms in total. The summed E-state index contributed by atoms with van der Waals surface area (Å²) in [5, 5.41) is 2.74. The number of alkyl halides is 3. The largest absolute Gasteiger partial charge is 0.522 e. The standard InChI is InChI=1S/C15H19F3N2O2/c16-15(17,18)22-13-6-2-4-11(8-13)14(21)20-12-5-1-3-10(7-12)9-19/h1,3,5,7,11,13H,2,4,6,8-9,19H2,(H,20,21)/t11-,13+/m1/s1. The smallest absolute Gasteiger partial charge is 0.326 e. The zero-order valence-corrected chi connectivity index (χ0v) is 12.0. The van der Waals surface area contributed by atoms with Gasteiger partial charge in [0.05, 0.1) is 6.10 Å². The Kier molecular flexibility index (Phi) is 5.42. The summed E-state index contributed by atoms with van der Waals surface area (Å²) < 4.78 is 40.8. The predicted molar refractivity (Wildman–Crippen MR) is 75.8 cm³/mol. The van der Waals surface area contributed by atoms with Gasteiger partial charge in [0, 0.05) is 18.2 Å². The lowest BCUT2D eigenvalue weighted by atomic mass is 9.86. The van der Waals surface area contributed by atoms with Crippen LogP contribution in [0.15, 0.2) is 24.3 Å². The van der Waals surface area contributed by atoms with Crippen LogP contribution in [0.4, 0.5) is 18.9 Å². The van der Waals surface area contributed by atoms with Crippen molar-refractivity contribution in [3.63, 3.8) is 0 Å². The molecular formula is C15H19F3N2O2. The molecule has 1 aliphatic rings. The average molecular weight is 316 g/mol. The summed E-state index contributed by atoms with van der Waals surface area (Å²) in [7, 11) is 0. The van der Waals surface area contributed by atoms with Gasteiger partial charge in [0.15, 0.2) is 0 Å². The molecule has 2 atom stereocenters. The van der Waals surface area contributed by atoms with Crippen LogP contribution in [-0.2, 0) is 16.1 Å². The van der Waals surface area contributed by atoms with E-state index in [1.54, 1.807) is 18.2 Å². The van der Waals surface area contributed by atoms with Gasteiger partial charge in [-0.2, -0.15) is 0 Å². The van der Waals surface area contributed by atoms with E-state index in [2.05, 4.69) is 10.1 Å². The predicted octanol–water partition coefficient (Wildman–Crippen LogP) is 3.18. The molecule has 0 aromatic heterocycles. The van der Waals surface area contributed by atoms with Crippen molar-refractivity contribution in [2.24, 2.45) is 11.7 Å². The van der Waals surface area contributed by atoms with Crippen LogP contribution in [0.3, 0.4) is 0 Å². The number of nitrogens with two attached hydrogens (primary N) is 1. The SMILES string of the molecule is NCc1cccc(NC(=O)[C@@H]2CCC[C@H](OC(F)(F)F)C2)c1. The van der Waals surface area contributed by atoms with Gasteiger partial charge in [-0.15, -0.1) is 13.2 Å². The number of nitrogens with one attached hydrogen (secondary N) is 1. The van der Waals surface area contributed by atoms with Crippen LogP contribution in [0.1, 0.15) is 31.2 Å².